The first kappa shape index (κ1) is 45.1. The average Bonchev–Trinajstić information content (AvgIpc) is 3.18. The lowest BCUT2D eigenvalue weighted by Crippen LogP contribution is -2.68. The zero-order chi connectivity index (χ0) is 42.1. The monoisotopic (exact) mass is 893 g/mol. The Labute approximate surface area is 333 Å². The summed E-state index contributed by atoms with van der Waals surface area (Å²) < 4.78 is 49.7. The molecule has 2 aromatic carbocycles. The number of nitrogens with two attached hydrogens (primary N) is 4. The van der Waals surface area contributed by atoms with Gasteiger partial charge in [-0.1, -0.05) is 22.0 Å². The van der Waals surface area contributed by atoms with Crippen LogP contribution in [0.2, 0.25) is 0 Å². The molecule has 2 aliphatic heterocycles. The number of nitrogens with one attached hydrogen (secondary N) is 2. The maximum Gasteiger partial charge on any atom is 0.314 e. The van der Waals surface area contributed by atoms with Crippen molar-refractivity contribution in [1.29, 1.82) is 0 Å². The van der Waals surface area contributed by atoms with Crippen molar-refractivity contribution in [2.75, 3.05) is 24.5 Å². The fourth-order valence-electron chi connectivity index (χ4n) is 6.62. The van der Waals surface area contributed by atoms with Crippen LogP contribution in [0.25, 0.3) is 11.0 Å². The maximum atomic E-state index is 12.8. The van der Waals surface area contributed by atoms with E-state index in [0.29, 0.717) is 11.2 Å². The van der Waals surface area contributed by atoms with E-state index >= 15 is 0 Å². The fraction of sp³-hybridized carbons (Fsp3) is 0.576. The van der Waals surface area contributed by atoms with E-state index in [-0.39, 0.29) is 23.4 Å². The zero-order valence-electron chi connectivity index (χ0n) is 30.3. The molecule has 318 valence electrons. The van der Waals surface area contributed by atoms with Crippen LogP contribution in [0.1, 0.15) is 6.42 Å². The van der Waals surface area contributed by atoms with Crippen LogP contribution in [0, 0.1) is 0 Å². The van der Waals surface area contributed by atoms with Gasteiger partial charge in [0, 0.05) is 30.1 Å². The van der Waals surface area contributed by atoms with E-state index < -0.39 is 119 Å². The molecule has 6 rings (SSSR count). The van der Waals surface area contributed by atoms with Crippen LogP contribution in [-0.2, 0) is 29.0 Å². The third-order valence-electron chi connectivity index (χ3n) is 10.0. The Bertz CT molecular complexity index is 2010. The van der Waals surface area contributed by atoms with Crippen molar-refractivity contribution in [2.45, 2.75) is 103 Å². The SMILES string of the molecule is CN(c1cccc(Br)c1)S(=O)(=O)c1ccc2[nH]c(=O)c(=O)[nH]c2c1.NC[C@H]1O[C@H](O[C@H]2[C@H](O)[C@@H](O[C@H]3O[C@H](CO)[C@@H](O)[C@H](N)[C@H]3O)[C@H](N)C[C@@H]2N)[C@H](O)[C@@H](O)[C@@H]1O. The molecule has 0 amide bonds. The molecule has 3 fully saturated rings. The highest BCUT2D eigenvalue weighted by Gasteiger charge is 2.51. The summed E-state index contributed by atoms with van der Waals surface area (Å²) in [4.78, 5) is 27.5. The predicted molar refractivity (Wildman–Crippen MR) is 203 cm³/mol. The Balaban J connectivity index is 0.000000228. The molecule has 0 bridgehead atoms. The minimum absolute atomic E-state index is 0.000162. The molecule has 0 spiro atoms. The number of halogens is 1. The van der Waals surface area contributed by atoms with Crippen molar-refractivity contribution < 1.29 is 63.1 Å². The lowest BCUT2D eigenvalue weighted by molar-refractivity contribution is -0.332. The number of nitrogens with zero attached hydrogens (tertiary/aromatic N) is 1. The lowest BCUT2D eigenvalue weighted by Gasteiger charge is -2.48. The number of fused-ring (bicyclic) bond motifs is 1. The molecule has 3 heterocycles. The van der Waals surface area contributed by atoms with Gasteiger partial charge in [0.1, 0.15) is 61.0 Å². The first-order valence-electron chi connectivity index (χ1n) is 17.6. The summed E-state index contributed by atoms with van der Waals surface area (Å²) in [5, 5.41) is 70.9. The minimum atomic E-state index is -3.82. The Kier molecular flexibility index (Phi) is 14.6. The van der Waals surface area contributed by atoms with Gasteiger partial charge in [0.05, 0.1) is 34.3 Å². The average molecular weight is 895 g/mol. The van der Waals surface area contributed by atoms with Crippen LogP contribution in [0.15, 0.2) is 61.4 Å². The van der Waals surface area contributed by atoms with Gasteiger partial charge in [-0.15, -0.1) is 0 Å². The molecule has 22 nitrogen and oxygen atoms in total. The van der Waals surface area contributed by atoms with Crippen LogP contribution in [-0.4, -0.2) is 166 Å². The van der Waals surface area contributed by atoms with E-state index in [2.05, 4.69) is 25.9 Å². The summed E-state index contributed by atoms with van der Waals surface area (Å²) in [5.41, 5.74) is 23.0. The Morgan fingerprint density at radius 2 is 1.37 bits per heavy atom. The molecule has 17 N–H and O–H groups in total. The quantitative estimate of drug-likeness (QED) is 0.0891. The van der Waals surface area contributed by atoms with Crippen LogP contribution in [0.5, 0.6) is 0 Å². The van der Waals surface area contributed by atoms with Gasteiger partial charge >= 0.3 is 11.1 Å². The lowest BCUT2D eigenvalue weighted by atomic mass is 9.84. The zero-order valence-corrected chi connectivity index (χ0v) is 32.7. The number of aliphatic hydroxyl groups is 7. The fourth-order valence-corrected chi connectivity index (χ4v) is 8.23. The van der Waals surface area contributed by atoms with Crippen molar-refractivity contribution in [3.8, 4) is 0 Å². The number of H-pyrrole nitrogens is 2. The van der Waals surface area contributed by atoms with E-state index in [1.165, 1.54) is 25.2 Å². The topological polar surface area (TPSA) is 386 Å². The molecule has 0 unspecified atom stereocenters. The second-order valence-corrected chi connectivity index (χ2v) is 16.7. The van der Waals surface area contributed by atoms with Crippen molar-refractivity contribution in [3.05, 3.63) is 67.6 Å². The normalized spacial score (nSPS) is 36.0. The van der Waals surface area contributed by atoms with Gasteiger partial charge in [-0.2, -0.15) is 0 Å². The highest BCUT2D eigenvalue weighted by atomic mass is 79.9. The maximum absolute atomic E-state index is 12.8. The van der Waals surface area contributed by atoms with Crippen molar-refractivity contribution in [2.24, 2.45) is 22.9 Å². The number of rotatable bonds is 9. The Hall–Kier alpha value is -2.99. The van der Waals surface area contributed by atoms with E-state index in [1.807, 2.05) is 0 Å². The molecule has 3 aromatic rings. The number of hydrogen-bond donors (Lipinski definition) is 13. The molecule has 57 heavy (non-hydrogen) atoms. The van der Waals surface area contributed by atoms with Crippen LogP contribution in [0.4, 0.5) is 5.69 Å². The number of aliphatic hydroxyl groups excluding tert-OH is 7. The predicted octanol–water partition coefficient (Wildman–Crippen LogP) is -5.49. The third-order valence-corrected chi connectivity index (χ3v) is 12.3. The second kappa shape index (κ2) is 18.5. The number of anilines is 1. The van der Waals surface area contributed by atoms with Crippen molar-refractivity contribution in [1.82, 2.24) is 9.97 Å². The smallest absolute Gasteiger partial charge is 0.314 e. The molecule has 24 heteroatoms. The van der Waals surface area contributed by atoms with Gasteiger partial charge in [-0.3, -0.25) is 13.9 Å². The van der Waals surface area contributed by atoms with Gasteiger partial charge in [0.2, 0.25) is 0 Å². The summed E-state index contributed by atoms with van der Waals surface area (Å²) in [6, 6.07) is 8.14. The summed E-state index contributed by atoms with van der Waals surface area (Å²) in [7, 11) is -2.38. The summed E-state index contributed by atoms with van der Waals surface area (Å²) in [6.07, 6.45) is -16.5. The first-order valence-corrected chi connectivity index (χ1v) is 19.8. The highest BCUT2D eigenvalue weighted by Crippen LogP contribution is 2.31. The van der Waals surface area contributed by atoms with E-state index in [9.17, 15) is 53.8 Å². The molecular weight excluding hydrogens is 846 g/mol. The number of ether oxygens (including phenoxy) is 4. The van der Waals surface area contributed by atoms with Crippen molar-refractivity contribution >= 4 is 42.7 Å². The van der Waals surface area contributed by atoms with Gasteiger partial charge in [0.15, 0.2) is 12.6 Å². The molecule has 1 saturated carbocycles. The third kappa shape index (κ3) is 9.58. The number of hydrogen-bond acceptors (Lipinski definition) is 19. The highest BCUT2D eigenvalue weighted by molar-refractivity contribution is 9.10. The molecular formula is C33H48BrN7O15S. The number of benzene rings is 2. The van der Waals surface area contributed by atoms with Gasteiger partial charge in [0.25, 0.3) is 10.0 Å². The van der Waals surface area contributed by atoms with Gasteiger partial charge in [-0.25, -0.2) is 8.42 Å². The molecule has 0 radical (unpaired) electrons. The van der Waals surface area contributed by atoms with Crippen molar-refractivity contribution in [3.63, 3.8) is 0 Å². The summed E-state index contributed by atoms with van der Waals surface area (Å²) in [6.45, 7) is -0.763. The number of aromatic amines is 2. The van der Waals surface area contributed by atoms with E-state index in [4.69, 9.17) is 41.9 Å². The second-order valence-electron chi connectivity index (χ2n) is 13.9. The van der Waals surface area contributed by atoms with E-state index in [1.54, 1.807) is 24.3 Å². The standard InChI is InChI=1S/C18H36N4O11.C15H12BrN3O4S/c19-2-6-10(25)12(27)13(28)18(30-6)33-16-5(21)1-4(20)15(14(16)29)32-17-11(26)8(22)9(24)7(3-23)31-17;1-19(10-4-2-3-9(16)7-10)24(22,23)11-5-6-12-13(8-11)18-15(21)14(20)17-12/h4-18,23-29H,1-3,19-22H2;2-8H,1H3,(H,17,20)(H,18,21)/t4-,5+,6-,7-,8+,9-,10-,11-,12+,13-,14-,15+,16-,17-,18-;/m1./s1. The first-order chi connectivity index (χ1) is 26.8. The minimum Gasteiger partial charge on any atom is -0.394 e. The Morgan fingerprint density at radius 1 is 0.789 bits per heavy atom. The molecule has 2 saturated heterocycles. The summed E-state index contributed by atoms with van der Waals surface area (Å²) in [5.74, 6) is 0. The van der Waals surface area contributed by atoms with Gasteiger partial charge in [-0.05, 0) is 42.8 Å². The molecule has 1 aromatic heterocycles. The molecule has 3 aliphatic rings. The number of aromatic nitrogens is 2. The molecule has 15 atom stereocenters. The van der Waals surface area contributed by atoms with Gasteiger partial charge < -0.3 is 87.6 Å². The molecule has 1 aliphatic carbocycles. The Morgan fingerprint density at radius 3 is 1.95 bits per heavy atom. The number of sulfonamides is 1. The van der Waals surface area contributed by atoms with Crippen LogP contribution >= 0.6 is 15.9 Å². The van der Waals surface area contributed by atoms with E-state index in [0.717, 1.165) is 8.78 Å². The summed E-state index contributed by atoms with van der Waals surface area (Å²) >= 11 is 3.31. The van der Waals surface area contributed by atoms with Crippen LogP contribution in [0.3, 0.4) is 0 Å². The van der Waals surface area contributed by atoms with Crippen LogP contribution < -0.4 is 38.4 Å². The largest absolute Gasteiger partial charge is 0.394 e.